The van der Waals surface area contributed by atoms with Crippen LogP contribution in [-0.4, -0.2) is 61.5 Å². The molecule has 24 heavy (non-hydrogen) atoms. The average molecular weight is 340 g/mol. The van der Waals surface area contributed by atoms with Gasteiger partial charge in [0, 0.05) is 13.1 Å². The van der Waals surface area contributed by atoms with Crippen molar-refractivity contribution in [1.29, 1.82) is 0 Å². The lowest BCUT2D eigenvalue weighted by Crippen LogP contribution is -2.47. The molecule has 2 amide bonds. The molecular formula is C17H28N2O5. The van der Waals surface area contributed by atoms with Crippen molar-refractivity contribution in [3.8, 4) is 0 Å². The lowest BCUT2D eigenvalue weighted by Gasteiger charge is -2.38. The van der Waals surface area contributed by atoms with Crippen LogP contribution in [-0.2, 0) is 19.0 Å². The lowest BCUT2D eigenvalue weighted by atomic mass is 9.85. The van der Waals surface area contributed by atoms with Crippen LogP contribution in [0.3, 0.4) is 0 Å². The summed E-state index contributed by atoms with van der Waals surface area (Å²) < 4.78 is 16.9. The largest absolute Gasteiger partial charge is 0.447 e. The van der Waals surface area contributed by atoms with Crippen molar-refractivity contribution in [2.45, 2.75) is 51.2 Å². The van der Waals surface area contributed by atoms with Gasteiger partial charge in [-0.2, -0.15) is 0 Å². The Labute approximate surface area is 142 Å². The zero-order chi connectivity index (χ0) is 17.4. The van der Waals surface area contributed by atoms with Crippen LogP contribution in [0.25, 0.3) is 0 Å². The first-order chi connectivity index (χ1) is 11.3. The molecule has 2 unspecified atom stereocenters. The van der Waals surface area contributed by atoms with Crippen LogP contribution in [0, 0.1) is 11.3 Å². The van der Waals surface area contributed by atoms with Gasteiger partial charge >= 0.3 is 6.09 Å². The van der Waals surface area contributed by atoms with Crippen LogP contribution in [0.4, 0.5) is 4.79 Å². The number of likely N-dealkylation sites (tertiary alicyclic amines) is 1. The molecule has 0 radical (unpaired) electrons. The number of carbonyl (C=O) groups is 2. The van der Waals surface area contributed by atoms with E-state index in [9.17, 15) is 9.59 Å². The number of hydrogen-bond acceptors (Lipinski definition) is 5. The number of amides is 2. The van der Waals surface area contributed by atoms with Gasteiger partial charge in [0.05, 0.1) is 30.8 Å². The molecule has 136 valence electrons. The molecule has 3 aliphatic heterocycles. The fourth-order valence-corrected chi connectivity index (χ4v) is 3.91. The van der Waals surface area contributed by atoms with Crippen LogP contribution >= 0.6 is 0 Å². The molecule has 0 aromatic rings. The Kier molecular flexibility index (Phi) is 4.75. The van der Waals surface area contributed by atoms with Crippen molar-refractivity contribution in [3.63, 3.8) is 0 Å². The summed E-state index contributed by atoms with van der Waals surface area (Å²) in [7, 11) is 0. The summed E-state index contributed by atoms with van der Waals surface area (Å²) in [5.41, 5.74) is 5.23. The predicted octanol–water partition coefficient (Wildman–Crippen LogP) is 1.29. The highest BCUT2D eigenvalue weighted by molar-refractivity contribution is 5.77. The van der Waals surface area contributed by atoms with Gasteiger partial charge in [0.2, 0.25) is 5.91 Å². The van der Waals surface area contributed by atoms with Gasteiger partial charge in [-0.15, -0.1) is 0 Å². The van der Waals surface area contributed by atoms with E-state index in [2.05, 4.69) is 13.8 Å². The molecule has 2 atom stereocenters. The number of rotatable bonds is 3. The maximum atomic E-state index is 12.2. The van der Waals surface area contributed by atoms with E-state index >= 15 is 0 Å². The molecular weight excluding hydrogens is 312 g/mol. The molecule has 3 aliphatic rings. The highest BCUT2D eigenvalue weighted by atomic mass is 16.6. The Balaban J connectivity index is 1.42. The predicted molar refractivity (Wildman–Crippen MR) is 86.3 cm³/mol. The van der Waals surface area contributed by atoms with Crippen molar-refractivity contribution in [2.24, 2.45) is 17.1 Å². The first-order valence-corrected chi connectivity index (χ1v) is 8.75. The number of nitrogens with two attached hydrogens (primary N) is 1. The monoisotopic (exact) mass is 340 g/mol. The highest BCUT2D eigenvalue weighted by Crippen LogP contribution is 2.38. The second-order valence-electron chi connectivity index (χ2n) is 8.16. The number of piperidine rings is 1. The molecule has 3 heterocycles. The third kappa shape index (κ3) is 3.83. The van der Waals surface area contributed by atoms with Gasteiger partial charge in [-0.3, -0.25) is 4.79 Å². The van der Waals surface area contributed by atoms with Crippen LogP contribution in [0.5, 0.6) is 0 Å². The Morgan fingerprint density at radius 1 is 1.25 bits per heavy atom. The Morgan fingerprint density at radius 3 is 2.50 bits per heavy atom. The maximum absolute atomic E-state index is 12.2. The summed E-state index contributed by atoms with van der Waals surface area (Å²) in [6, 6.07) is 0. The molecule has 0 aromatic carbocycles. The van der Waals surface area contributed by atoms with Crippen molar-refractivity contribution in [1.82, 2.24) is 4.90 Å². The molecule has 0 aromatic heterocycles. The van der Waals surface area contributed by atoms with Crippen LogP contribution in [0.1, 0.15) is 39.5 Å². The molecule has 7 heteroatoms. The van der Waals surface area contributed by atoms with E-state index in [0.717, 1.165) is 19.3 Å². The van der Waals surface area contributed by atoms with Gasteiger partial charge in [-0.25, -0.2) is 4.79 Å². The van der Waals surface area contributed by atoms with E-state index < -0.39 is 0 Å². The fourth-order valence-electron chi connectivity index (χ4n) is 3.91. The Hall–Kier alpha value is -1.34. The van der Waals surface area contributed by atoms with Gasteiger partial charge < -0.3 is 24.8 Å². The Morgan fingerprint density at radius 2 is 1.96 bits per heavy atom. The SMILES string of the molecule is CC1(C)COC(COC(=O)N2CCC3(CC2)CC(C(N)=O)CO3)C1. The van der Waals surface area contributed by atoms with E-state index in [4.69, 9.17) is 19.9 Å². The van der Waals surface area contributed by atoms with Gasteiger partial charge in [0.15, 0.2) is 0 Å². The average Bonchev–Trinajstić information content (AvgIpc) is 3.09. The molecule has 2 N–H and O–H groups in total. The van der Waals surface area contributed by atoms with Gasteiger partial charge in [-0.05, 0) is 31.1 Å². The third-order valence-corrected chi connectivity index (χ3v) is 5.43. The van der Waals surface area contributed by atoms with E-state index in [0.29, 0.717) is 39.3 Å². The zero-order valence-corrected chi connectivity index (χ0v) is 14.6. The topological polar surface area (TPSA) is 91.1 Å². The smallest absolute Gasteiger partial charge is 0.409 e. The molecule has 3 rings (SSSR count). The number of ether oxygens (including phenoxy) is 3. The minimum atomic E-state index is -0.298. The summed E-state index contributed by atoms with van der Waals surface area (Å²) in [5.74, 6) is -0.500. The van der Waals surface area contributed by atoms with Crippen molar-refractivity contribution >= 4 is 12.0 Å². The quantitative estimate of drug-likeness (QED) is 0.836. The van der Waals surface area contributed by atoms with E-state index in [1.807, 2.05) is 0 Å². The molecule has 3 fully saturated rings. The number of hydrogen-bond donors (Lipinski definition) is 1. The van der Waals surface area contributed by atoms with E-state index in [1.165, 1.54) is 0 Å². The minimum absolute atomic E-state index is 0.00503. The normalized spacial score (nSPS) is 31.3. The molecule has 0 bridgehead atoms. The summed E-state index contributed by atoms with van der Waals surface area (Å²) in [5, 5.41) is 0. The van der Waals surface area contributed by atoms with Crippen LogP contribution in [0.2, 0.25) is 0 Å². The third-order valence-electron chi connectivity index (χ3n) is 5.43. The number of primary amides is 1. The summed E-state index contributed by atoms with van der Waals surface area (Å²) in [6.07, 6.45) is 2.72. The van der Waals surface area contributed by atoms with Gasteiger partial charge in [0.1, 0.15) is 6.61 Å². The molecule has 1 spiro atoms. The second kappa shape index (κ2) is 6.52. The summed E-state index contributed by atoms with van der Waals surface area (Å²) in [6.45, 7) is 6.89. The highest BCUT2D eigenvalue weighted by Gasteiger charge is 2.45. The fraction of sp³-hybridized carbons (Fsp3) is 0.882. The van der Waals surface area contributed by atoms with E-state index in [-0.39, 0.29) is 35.0 Å². The summed E-state index contributed by atoms with van der Waals surface area (Å²) >= 11 is 0. The van der Waals surface area contributed by atoms with Gasteiger partial charge in [0.25, 0.3) is 0 Å². The van der Waals surface area contributed by atoms with Crippen molar-refractivity contribution < 1.29 is 23.8 Å². The first-order valence-electron chi connectivity index (χ1n) is 8.75. The number of carbonyl (C=O) groups excluding carboxylic acids is 2. The molecule has 7 nitrogen and oxygen atoms in total. The molecule has 0 aliphatic carbocycles. The van der Waals surface area contributed by atoms with E-state index in [1.54, 1.807) is 4.90 Å². The van der Waals surface area contributed by atoms with Crippen molar-refractivity contribution in [3.05, 3.63) is 0 Å². The maximum Gasteiger partial charge on any atom is 0.409 e. The summed E-state index contributed by atoms with van der Waals surface area (Å²) in [4.78, 5) is 25.2. The minimum Gasteiger partial charge on any atom is -0.447 e. The van der Waals surface area contributed by atoms with Crippen molar-refractivity contribution in [2.75, 3.05) is 32.9 Å². The Bertz CT molecular complexity index is 499. The van der Waals surface area contributed by atoms with Gasteiger partial charge in [-0.1, -0.05) is 13.8 Å². The second-order valence-corrected chi connectivity index (χ2v) is 8.16. The molecule has 0 saturated carbocycles. The standard InChI is InChI=1S/C17H28N2O5/c1-16(2)8-13(23-11-16)10-22-15(21)19-5-3-17(4-6-19)7-12(9-24-17)14(18)20/h12-13H,3-11H2,1-2H3,(H2,18,20). The van der Waals surface area contributed by atoms with Crippen LogP contribution in [0.15, 0.2) is 0 Å². The zero-order valence-electron chi connectivity index (χ0n) is 14.6. The molecule has 3 saturated heterocycles. The van der Waals surface area contributed by atoms with Crippen LogP contribution < -0.4 is 5.73 Å². The first kappa shape index (κ1) is 17.5. The number of nitrogens with zero attached hydrogens (tertiary/aromatic N) is 1. The lowest BCUT2D eigenvalue weighted by molar-refractivity contribution is -0.121.